The minimum atomic E-state index is -0.246. The van der Waals surface area contributed by atoms with E-state index in [1.54, 1.807) is 7.11 Å². The number of ketones is 1. The Hall–Kier alpha value is -2.13. The van der Waals surface area contributed by atoms with E-state index in [2.05, 4.69) is 12.2 Å². The second-order valence-electron chi connectivity index (χ2n) is 5.64. The van der Waals surface area contributed by atoms with Crippen LogP contribution >= 0.6 is 0 Å². The molecule has 0 saturated carbocycles. The molecule has 0 spiro atoms. The first-order chi connectivity index (χ1) is 11.2. The summed E-state index contributed by atoms with van der Waals surface area (Å²) in [5.41, 5.74) is 2.04. The summed E-state index contributed by atoms with van der Waals surface area (Å²) in [5, 5.41) is 3.41. The quantitative estimate of drug-likeness (QED) is 0.713. The van der Waals surface area contributed by atoms with E-state index in [-0.39, 0.29) is 11.8 Å². The molecule has 0 fully saturated rings. The van der Waals surface area contributed by atoms with Crippen LogP contribution in [0, 0.1) is 0 Å². The predicted octanol–water partition coefficient (Wildman–Crippen LogP) is 3.94. The summed E-state index contributed by atoms with van der Waals surface area (Å²) >= 11 is 0. The molecule has 2 rings (SSSR count). The van der Waals surface area contributed by atoms with Crippen molar-refractivity contribution in [1.29, 1.82) is 0 Å². The second kappa shape index (κ2) is 9.11. The zero-order chi connectivity index (χ0) is 16.5. The molecular formula is C20H25NO2. The van der Waals surface area contributed by atoms with Gasteiger partial charge in [0.2, 0.25) is 0 Å². The lowest BCUT2D eigenvalue weighted by atomic mass is 9.97. The molecule has 0 amide bonds. The fraction of sp³-hybridized carbons (Fsp3) is 0.350. The molecule has 0 aliphatic rings. The average molecular weight is 311 g/mol. The maximum atomic E-state index is 12.8. The summed E-state index contributed by atoms with van der Waals surface area (Å²) in [5.74, 6) is 0.999. The highest BCUT2D eigenvalue weighted by Gasteiger charge is 2.19. The lowest BCUT2D eigenvalue weighted by molar-refractivity contribution is -0.120. The Labute approximate surface area is 138 Å². The molecule has 1 atom stereocenters. The number of carbonyl (C=O) groups is 1. The summed E-state index contributed by atoms with van der Waals surface area (Å²) in [6, 6.07) is 17.4. The fourth-order valence-corrected chi connectivity index (χ4v) is 2.53. The lowest BCUT2D eigenvalue weighted by Crippen LogP contribution is -2.30. The van der Waals surface area contributed by atoms with Gasteiger partial charge < -0.3 is 10.1 Å². The monoisotopic (exact) mass is 311 g/mol. The topological polar surface area (TPSA) is 38.3 Å². The van der Waals surface area contributed by atoms with Gasteiger partial charge in [-0.3, -0.25) is 4.79 Å². The smallest absolute Gasteiger partial charge is 0.158 e. The van der Waals surface area contributed by atoms with Crippen molar-refractivity contribution >= 4 is 5.78 Å². The Morgan fingerprint density at radius 2 is 1.78 bits per heavy atom. The normalized spacial score (nSPS) is 11.9. The fourth-order valence-electron chi connectivity index (χ4n) is 2.53. The third-order valence-corrected chi connectivity index (χ3v) is 3.87. The Balaban J connectivity index is 2.08. The maximum absolute atomic E-state index is 12.8. The largest absolute Gasteiger partial charge is 0.497 e. The van der Waals surface area contributed by atoms with Crippen LogP contribution in [0.5, 0.6) is 5.75 Å². The standard InChI is InChI=1S/C20H25NO2/c1-3-4-14-21-20(17-8-6-5-7-9-17)19(22)15-16-10-12-18(23-2)13-11-16/h5-13,20-21H,3-4,14-15H2,1-2H3. The summed E-state index contributed by atoms with van der Waals surface area (Å²) in [6.45, 7) is 3.00. The SMILES string of the molecule is CCCCNC(C(=O)Cc1ccc(OC)cc1)c1ccccc1. The first-order valence-corrected chi connectivity index (χ1v) is 8.18. The van der Waals surface area contributed by atoms with Gasteiger partial charge in [-0.2, -0.15) is 0 Å². The second-order valence-corrected chi connectivity index (χ2v) is 5.64. The molecular weight excluding hydrogens is 286 g/mol. The molecule has 1 unspecified atom stereocenters. The van der Waals surface area contributed by atoms with Crippen molar-refractivity contribution in [2.24, 2.45) is 0 Å². The van der Waals surface area contributed by atoms with E-state index in [1.807, 2.05) is 54.6 Å². The van der Waals surface area contributed by atoms with Gasteiger partial charge in [-0.25, -0.2) is 0 Å². The molecule has 0 aliphatic carbocycles. The van der Waals surface area contributed by atoms with Crippen LogP contribution in [-0.4, -0.2) is 19.4 Å². The predicted molar refractivity (Wildman–Crippen MR) is 93.8 cm³/mol. The molecule has 0 aromatic heterocycles. The Morgan fingerprint density at radius 3 is 2.39 bits per heavy atom. The number of Topliss-reactive ketones (excluding diaryl/α,β-unsaturated/α-hetero) is 1. The summed E-state index contributed by atoms with van der Waals surface area (Å²) in [6.07, 6.45) is 2.60. The zero-order valence-electron chi connectivity index (χ0n) is 13.9. The number of unbranched alkanes of at least 4 members (excludes halogenated alkanes) is 1. The third-order valence-electron chi connectivity index (χ3n) is 3.87. The molecule has 122 valence electrons. The molecule has 0 heterocycles. The minimum absolute atomic E-state index is 0.192. The van der Waals surface area contributed by atoms with E-state index in [4.69, 9.17) is 4.74 Å². The van der Waals surface area contributed by atoms with Gasteiger partial charge in [-0.1, -0.05) is 55.8 Å². The van der Waals surface area contributed by atoms with E-state index < -0.39 is 0 Å². The number of benzene rings is 2. The van der Waals surface area contributed by atoms with Crippen LogP contribution in [0.15, 0.2) is 54.6 Å². The number of carbonyl (C=O) groups excluding carboxylic acids is 1. The zero-order valence-corrected chi connectivity index (χ0v) is 13.9. The number of hydrogen-bond donors (Lipinski definition) is 1. The first kappa shape index (κ1) is 17.2. The Kier molecular flexibility index (Phi) is 6.82. The molecule has 3 heteroatoms. The summed E-state index contributed by atoms with van der Waals surface area (Å²) < 4.78 is 5.16. The van der Waals surface area contributed by atoms with E-state index in [9.17, 15) is 4.79 Å². The molecule has 1 N–H and O–H groups in total. The highest BCUT2D eigenvalue weighted by atomic mass is 16.5. The highest BCUT2D eigenvalue weighted by molar-refractivity contribution is 5.87. The van der Waals surface area contributed by atoms with Gasteiger partial charge in [0.05, 0.1) is 13.2 Å². The number of nitrogens with one attached hydrogen (secondary N) is 1. The molecule has 0 aliphatic heterocycles. The van der Waals surface area contributed by atoms with Crippen molar-refractivity contribution in [1.82, 2.24) is 5.32 Å². The van der Waals surface area contributed by atoms with Gasteiger partial charge in [0.15, 0.2) is 5.78 Å². The average Bonchev–Trinajstić information content (AvgIpc) is 2.60. The maximum Gasteiger partial charge on any atom is 0.158 e. The van der Waals surface area contributed by atoms with Gasteiger partial charge in [0.25, 0.3) is 0 Å². The van der Waals surface area contributed by atoms with Crippen molar-refractivity contribution in [2.45, 2.75) is 32.2 Å². The third kappa shape index (κ3) is 5.22. The molecule has 23 heavy (non-hydrogen) atoms. The molecule has 0 radical (unpaired) electrons. The number of methoxy groups -OCH3 is 1. The molecule has 2 aromatic carbocycles. The van der Waals surface area contributed by atoms with Crippen LogP contribution in [0.2, 0.25) is 0 Å². The summed E-state index contributed by atoms with van der Waals surface area (Å²) in [7, 11) is 1.64. The van der Waals surface area contributed by atoms with E-state index in [0.29, 0.717) is 6.42 Å². The molecule has 0 bridgehead atoms. The van der Waals surface area contributed by atoms with Crippen LogP contribution in [0.1, 0.15) is 36.9 Å². The van der Waals surface area contributed by atoms with Crippen LogP contribution in [0.25, 0.3) is 0 Å². The molecule has 3 nitrogen and oxygen atoms in total. The number of hydrogen-bond acceptors (Lipinski definition) is 3. The van der Waals surface area contributed by atoms with Crippen LogP contribution in [0.4, 0.5) is 0 Å². The van der Waals surface area contributed by atoms with Gasteiger partial charge in [-0.05, 0) is 36.2 Å². The lowest BCUT2D eigenvalue weighted by Gasteiger charge is -2.18. The summed E-state index contributed by atoms with van der Waals surface area (Å²) in [4.78, 5) is 12.8. The number of rotatable bonds is 9. The number of ether oxygens (including phenoxy) is 1. The van der Waals surface area contributed by atoms with Crippen LogP contribution in [-0.2, 0) is 11.2 Å². The van der Waals surface area contributed by atoms with E-state index in [0.717, 1.165) is 36.3 Å². The Bertz CT molecular complexity index is 593. The minimum Gasteiger partial charge on any atom is -0.497 e. The van der Waals surface area contributed by atoms with E-state index in [1.165, 1.54) is 0 Å². The van der Waals surface area contributed by atoms with Gasteiger partial charge in [-0.15, -0.1) is 0 Å². The van der Waals surface area contributed by atoms with Crippen molar-refractivity contribution < 1.29 is 9.53 Å². The first-order valence-electron chi connectivity index (χ1n) is 8.18. The van der Waals surface area contributed by atoms with E-state index >= 15 is 0 Å². The van der Waals surface area contributed by atoms with Gasteiger partial charge in [0.1, 0.15) is 5.75 Å². The van der Waals surface area contributed by atoms with Crippen LogP contribution in [0.3, 0.4) is 0 Å². The molecule has 2 aromatic rings. The van der Waals surface area contributed by atoms with Crippen molar-refractivity contribution in [3.8, 4) is 5.75 Å². The van der Waals surface area contributed by atoms with Crippen molar-refractivity contribution in [3.05, 3.63) is 65.7 Å². The van der Waals surface area contributed by atoms with Crippen LogP contribution < -0.4 is 10.1 Å². The Morgan fingerprint density at radius 1 is 1.09 bits per heavy atom. The van der Waals surface area contributed by atoms with Gasteiger partial charge >= 0.3 is 0 Å². The highest BCUT2D eigenvalue weighted by Crippen LogP contribution is 2.18. The van der Waals surface area contributed by atoms with Crippen molar-refractivity contribution in [3.63, 3.8) is 0 Å². The molecule has 0 saturated heterocycles. The van der Waals surface area contributed by atoms with Gasteiger partial charge in [0, 0.05) is 6.42 Å². The van der Waals surface area contributed by atoms with Crippen molar-refractivity contribution in [2.75, 3.05) is 13.7 Å².